The average Bonchev–Trinajstić information content (AvgIpc) is 4.22. The number of likely N-dealkylation sites (tertiary alicyclic amines) is 1. The van der Waals surface area contributed by atoms with Crippen LogP contribution in [-0.4, -0.2) is 112 Å². The Morgan fingerprint density at radius 3 is 2.35 bits per heavy atom. The third-order valence-corrected chi connectivity index (χ3v) is 14.7. The summed E-state index contributed by atoms with van der Waals surface area (Å²) in [5.74, 6) is 0.439. The first-order chi connectivity index (χ1) is 35.7. The van der Waals surface area contributed by atoms with Crippen molar-refractivity contribution in [2.75, 3.05) is 46.6 Å². The number of amidine groups is 1. The van der Waals surface area contributed by atoms with Crippen LogP contribution < -0.4 is 14.8 Å². The van der Waals surface area contributed by atoms with Crippen molar-refractivity contribution >= 4 is 40.5 Å². The minimum atomic E-state index is -1.22. The number of phenolic OH excluding ortho intramolecular Hbond substituents is 1. The van der Waals surface area contributed by atoms with Crippen LogP contribution in [0.25, 0.3) is 16.0 Å². The molecule has 0 aliphatic carbocycles. The highest BCUT2D eigenvalue weighted by atomic mass is 32.1. The lowest BCUT2D eigenvalue weighted by Gasteiger charge is -2.29. The van der Waals surface area contributed by atoms with Crippen molar-refractivity contribution in [1.82, 2.24) is 25.3 Å². The highest BCUT2D eigenvalue weighted by Crippen LogP contribution is 2.38. The summed E-state index contributed by atoms with van der Waals surface area (Å²) >= 11 is 1.56. The summed E-state index contributed by atoms with van der Waals surface area (Å²) in [7, 11) is 1.76. The monoisotopic (exact) mass is 1020 g/mol. The molecule has 388 valence electrons. The van der Waals surface area contributed by atoms with Crippen molar-refractivity contribution in [3.8, 4) is 27.8 Å². The Labute approximate surface area is 436 Å². The van der Waals surface area contributed by atoms with Crippen LogP contribution in [0.1, 0.15) is 98.9 Å². The normalized spacial score (nSPS) is 18.5. The number of aryl methyl sites for hydroxylation is 1. The lowest BCUT2D eigenvalue weighted by Crippen LogP contribution is -2.48. The molecule has 2 aromatic heterocycles. The number of carbonyl (C=O) groups excluding carboxylic acids is 3. The molecule has 2 aliphatic rings. The third-order valence-electron chi connectivity index (χ3n) is 13.8. The van der Waals surface area contributed by atoms with Gasteiger partial charge in [0.2, 0.25) is 11.8 Å². The summed E-state index contributed by atoms with van der Waals surface area (Å²) in [6.45, 7) is 11.3. The molecule has 0 radical (unpaired) electrons. The fraction of sp³-hybridized carbons (Fsp3) is 0.379. The van der Waals surface area contributed by atoms with Crippen molar-refractivity contribution in [2.45, 2.75) is 89.8 Å². The summed E-state index contributed by atoms with van der Waals surface area (Å²) in [6, 6.07) is 34.3. The molecule has 3 amide bonds. The number of amides is 3. The number of aromatic nitrogens is 2. The predicted octanol–water partition coefficient (Wildman–Crippen LogP) is 9.30. The number of aliphatic hydroxyl groups is 1. The molecule has 74 heavy (non-hydrogen) atoms. The first-order valence-corrected chi connectivity index (χ1v) is 26.2. The van der Waals surface area contributed by atoms with Gasteiger partial charge in [-0.3, -0.25) is 14.4 Å². The second-order valence-electron chi connectivity index (χ2n) is 19.4. The molecule has 4 aromatic carbocycles. The number of hydrogen-bond donors (Lipinski definition) is 3. The van der Waals surface area contributed by atoms with Gasteiger partial charge in [-0.2, -0.15) is 0 Å². The molecule has 4 heterocycles. The van der Waals surface area contributed by atoms with E-state index in [0.717, 1.165) is 39.3 Å². The zero-order chi connectivity index (χ0) is 52.4. The van der Waals surface area contributed by atoms with E-state index in [1.54, 1.807) is 58.8 Å². The number of ether oxygens (including phenoxy) is 3. The molecule has 3 N–H and O–H groups in total. The second kappa shape index (κ2) is 24.3. The van der Waals surface area contributed by atoms with E-state index in [1.165, 1.54) is 5.56 Å². The molecule has 1 saturated heterocycles. The van der Waals surface area contributed by atoms with Gasteiger partial charge in [-0.15, -0.1) is 11.3 Å². The molecule has 0 saturated carbocycles. The van der Waals surface area contributed by atoms with E-state index in [2.05, 4.69) is 52.7 Å². The van der Waals surface area contributed by atoms with Crippen molar-refractivity contribution in [3.05, 3.63) is 154 Å². The van der Waals surface area contributed by atoms with E-state index in [9.17, 15) is 24.6 Å². The standard InChI is InChI=1S/C58H66N6O9S/c1-7-39(40-12-9-8-10-13-40)32-48(41-17-23-45(65)24-18-41)42-19-25-47(26-20-42)71-29-27-63(6)52(67)14-11-28-70-30-31-72-51-34-50(73-62-51)53(37(2)3)56(68)64-35-46(66)33-49(64)55-60-57(69)58(5,61-55)44-21-15-43(16-22-44)54-38(4)59-36-74-54/h8-10,12-13,15-26,32,34,36-37,39,46,49,53,65-66H,7,11,14,27-31,33,35H2,1-6H3,(H,60,61,69)/b48-32+. The number of benzene rings is 4. The number of allylic oxidation sites excluding steroid dienone is 1. The quantitative estimate of drug-likeness (QED) is 0.0519. The van der Waals surface area contributed by atoms with E-state index in [-0.39, 0.29) is 67.4 Å². The van der Waals surface area contributed by atoms with E-state index in [0.29, 0.717) is 55.5 Å². The zero-order valence-electron chi connectivity index (χ0n) is 42.9. The largest absolute Gasteiger partial charge is 0.508 e. The van der Waals surface area contributed by atoms with Gasteiger partial charge in [0.05, 0.1) is 41.4 Å². The third kappa shape index (κ3) is 12.6. The fourth-order valence-electron chi connectivity index (χ4n) is 9.48. The summed E-state index contributed by atoms with van der Waals surface area (Å²) in [6.07, 6.45) is 3.48. The zero-order valence-corrected chi connectivity index (χ0v) is 43.7. The molecule has 16 heteroatoms. The summed E-state index contributed by atoms with van der Waals surface area (Å²) < 4.78 is 23.3. The van der Waals surface area contributed by atoms with Gasteiger partial charge in [0.25, 0.3) is 11.8 Å². The maximum absolute atomic E-state index is 14.4. The van der Waals surface area contributed by atoms with Crippen molar-refractivity contribution in [3.63, 3.8) is 0 Å². The topological polar surface area (TPSA) is 189 Å². The Bertz CT molecular complexity index is 2900. The second-order valence-corrected chi connectivity index (χ2v) is 20.2. The van der Waals surface area contributed by atoms with Crippen LogP contribution >= 0.6 is 11.3 Å². The van der Waals surface area contributed by atoms with Crippen molar-refractivity contribution in [2.24, 2.45) is 10.9 Å². The van der Waals surface area contributed by atoms with Crippen LogP contribution in [0.3, 0.4) is 0 Å². The molecule has 5 atom stereocenters. The van der Waals surface area contributed by atoms with Gasteiger partial charge < -0.3 is 44.1 Å². The van der Waals surface area contributed by atoms with Crippen LogP contribution in [0.15, 0.2) is 130 Å². The van der Waals surface area contributed by atoms with Gasteiger partial charge in [-0.05, 0) is 95.4 Å². The molecule has 0 bridgehead atoms. The summed E-state index contributed by atoms with van der Waals surface area (Å²) in [5, 5.41) is 27.8. The van der Waals surface area contributed by atoms with Gasteiger partial charge in [-0.1, -0.05) is 106 Å². The molecular weight excluding hydrogens is 957 g/mol. The minimum absolute atomic E-state index is 0.0147. The van der Waals surface area contributed by atoms with Gasteiger partial charge in [0.1, 0.15) is 36.5 Å². The lowest BCUT2D eigenvalue weighted by atomic mass is 9.89. The molecule has 15 nitrogen and oxygen atoms in total. The fourth-order valence-corrected chi connectivity index (χ4v) is 10.3. The Balaban J connectivity index is 0.763. The molecule has 6 aromatic rings. The van der Waals surface area contributed by atoms with E-state index in [4.69, 9.17) is 23.7 Å². The lowest BCUT2D eigenvalue weighted by molar-refractivity contribution is -0.134. The van der Waals surface area contributed by atoms with Crippen LogP contribution in [-0.2, 0) is 24.7 Å². The number of phenols is 1. The number of carbonyl (C=O) groups is 3. The number of nitrogens with one attached hydrogen (secondary N) is 1. The highest BCUT2D eigenvalue weighted by molar-refractivity contribution is 7.13. The van der Waals surface area contributed by atoms with Crippen molar-refractivity contribution < 1.29 is 43.3 Å². The SMILES string of the molecule is CCC(/C=C(\c1ccc(O)cc1)c1ccc(OCCN(C)C(=O)CCCOCCOc2cc(C(C(=O)N3CC(O)CC3C3=NC(C)(c4ccc(-c5scnc5C)cc4)C(=O)N3)C(C)C)on2)cc1)c1ccccc1. The Morgan fingerprint density at radius 2 is 1.68 bits per heavy atom. The Hall–Kier alpha value is -7.14. The maximum atomic E-state index is 14.4. The Kier molecular flexibility index (Phi) is 17.4. The minimum Gasteiger partial charge on any atom is -0.508 e. The molecule has 1 fully saturated rings. The van der Waals surface area contributed by atoms with Crippen LogP contribution in [0.5, 0.6) is 17.4 Å². The number of rotatable bonds is 23. The van der Waals surface area contributed by atoms with Gasteiger partial charge in [0, 0.05) is 45.0 Å². The maximum Gasteiger partial charge on any atom is 0.257 e. The number of aliphatic imine (C=N–C) groups is 1. The smallest absolute Gasteiger partial charge is 0.257 e. The van der Waals surface area contributed by atoms with Gasteiger partial charge in [-0.25, -0.2) is 9.98 Å². The summed E-state index contributed by atoms with van der Waals surface area (Å²) in [4.78, 5) is 54.4. The van der Waals surface area contributed by atoms with Gasteiger partial charge >= 0.3 is 0 Å². The first-order valence-electron chi connectivity index (χ1n) is 25.3. The van der Waals surface area contributed by atoms with Crippen LogP contribution in [0.4, 0.5) is 0 Å². The molecule has 0 spiro atoms. The van der Waals surface area contributed by atoms with E-state index < -0.39 is 23.6 Å². The molecule has 2 aliphatic heterocycles. The first kappa shape index (κ1) is 53.2. The number of hydrogen-bond acceptors (Lipinski definition) is 13. The number of nitrogens with zero attached hydrogens (tertiary/aromatic N) is 5. The van der Waals surface area contributed by atoms with Crippen molar-refractivity contribution in [1.29, 1.82) is 0 Å². The molecular formula is C58H66N6O9S. The number of thiazole rings is 1. The predicted molar refractivity (Wildman–Crippen MR) is 285 cm³/mol. The molecule has 8 rings (SSSR count). The highest BCUT2D eigenvalue weighted by Gasteiger charge is 2.48. The Morgan fingerprint density at radius 1 is 0.959 bits per heavy atom. The van der Waals surface area contributed by atoms with E-state index in [1.807, 2.05) is 87.5 Å². The van der Waals surface area contributed by atoms with Crippen LogP contribution in [0.2, 0.25) is 0 Å². The average molecular weight is 1020 g/mol. The number of likely N-dealkylation sites (N-methyl/N-ethyl adjacent to an activating group) is 1. The van der Waals surface area contributed by atoms with Gasteiger partial charge in [0.15, 0.2) is 11.3 Å². The number of aromatic hydroxyl groups is 1. The van der Waals surface area contributed by atoms with E-state index >= 15 is 0 Å². The number of β-amino-alcohol motifs (C(OH)–C–C–N with tert-alkyl or cyclic N) is 1. The number of aliphatic hydroxyl groups excluding tert-OH is 1. The summed E-state index contributed by atoms with van der Waals surface area (Å²) in [5.41, 5.74) is 7.59. The molecule has 5 unspecified atom stereocenters. The van der Waals surface area contributed by atoms with Crippen LogP contribution in [0, 0.1) is 12.8 Å².